The van der Waals surface area contributed by atoms with Gasteiger partial charge in [0, 0.05) is 18.8 Å². The molecule has 0 bridgehead atoms. The van der Waals surface area contributed by atoms with Gasteiger partial charge in [-0.05, 0) is 19.9 Å². The Hall–Kier alpha value is -0.920. The number of aliphatic hydroxyl groups excluding tert-OH is 1. The zero-order valence-corrected chi connectivity index (χ0v) is 12.0. The van der Waals surface area contributed by atoms with Gasteiger partial charge in [0.2, 0.25) is 0 Å². The summed E-state index contributed by atoms with van der Waals surface area (Å²) in [5, 5.41) is 14.3. The number of nitrogens with zero attached hydrogens (tertiary/aromatic N) is 3. The lowest BCUT2D eigenvalue weighted by atomic mass is 10.0. The first kappa shape index (κ1) is 13.1. The van der Waals surface area contributed by atoms with Gasteiger partial charge in [0.05, 0.1) is 35.4 Å². The molecule has 7 heteroatoms. The largest absolute Gasteiger partial charge is 0.390 e. The molecule has 1 N–H and O–H groups in total. The van der Waals surface area contributed by atoms with Crippen molar-refractivity contribution in [2.24, 2.45) is 0 Å². The predicted octanol–water partition coefficient (Wildman–Crippen LogP) is -0.485. The van der Waals surface area contributed by atoms with Crippen LogP contribution in [0.5, 0.6) is 0 Å². The number of hydrogen-bond acceptors (Lipinski definition) is 5. The van der Waals surface area contributed by atoms with Crippen LogP contribution in [0.3, 0.4) is 0 Å². The smallest absolute Gasteiger partial charge is 0.154 e. The third-order valence-corrected chi connectivity index (χ3v) is 5.74. The Morgan fingerprint density at radius 3 is 2.47 bits per heavy atom. The van der Waals surface area contributed by atoms with Crippen molar-refractivity contribution in [1.29, 1.82) is 0 Å². The van der Waals surface area contributed by atoms with Crippen molar-refractivity contribution < 1.29 is 13.5 Å². The van der Waals surface area contributed by atoms with Crippen molar-refractivity contribution in [2.45, 2.75) is 32.0 Å². The minimum atomic E-state index is -3.07. The van der Waals surface area contributed by atoms with Crippen LogP contribution in [0.15, 0.2) is 6.07 Å². The second-order valence-corrected chi connectivity index (χ2v) is 7.84. The molecule has 19 heavy (non-hydrogen) atoms. The van der Waals surface area contributed by atoms with E-state index in [0.717, 1.165) is 24.5 Å². The highest BCUT2D eigenvalue weighted by Gasteiger charge is 2.44. The monoisotopic (exact) mass is 285 g/mol. The minimum Gasteiger partial charge on any atom is -0.390 e. The van der Waals surface area contributed by atoms with Crippen LogP contribution in [0.4, 0.5) is 0 Å². The number of sulfone groups is 1. The number of hydrogen-bond donors (Lipinski definition) is 1. The molecule has 1 aromatic rings. The van der Waals surface area contributed by atoms with E-state index < -0.39 is 15.9 Å². The van der Waals surface area contributed by atoms with Crippen LogP contribution in [0.2, 0.25) is 0 Å². The normalized spacial score (nSPS) is 31.5. The van der Waals surface area contributed by atoms with Gasteiger partial charge in [-0.3, -0.25) is 9.58 Å². The highest BCUT2D eigenvalue weighted by Crippen LogP contribution is 2.29. The molecule has 2 atom stereocenters. The molecule has 0 radical (unpaired) electrons. The predicted molar refractivity (Wildman–Crippen MR) is 70.8 cm³/mol. The molecule has 106 valence electrons. The lowest BCUT2D eigenvalue weighted by molar-refractivity contribution is 0.00777. The van der Waals surface area contributed by atoms with Crippen LogP contribution >= 0.6 is 0 Å². The fourth-order valence-corrected chi connectivity index (χ4v) is 4.92. The number of aliphatic hydroxyl groups is 1. The maximum absolute atomic E-state index is 11.5. The first-order valence-corrected chi connectivity index (χ1v) is 8.33. The first-order chi connectivity index (χ1) is 8.85. The molecule has 1 aromatic heterocycles. The highest BCUT2D eigenvalue weighted by molar-refractivity contribution is 7.91. The second kappa shape index (κ2) is 4.29. The van der Waals surface area contributed by atoms with Gasteiger partial charge in [-0.15, -0.1) is 0 Å². The van der Waals surface area contributed by atoms with Crippen LogP contribution in [0, 0.1) is 13.8 Å². The summed E-state index contributed by atoms with van der Waals surface area (Å²) in [5.74, 6) is -0.0171. The molecule has 0 aliphatic carbocycles. The topological polar surface area (TPSA) is 75.4 Å². The van der Waals surface area contributed by atoms with Gasteiger partial charge in [-0.25, -0.2) is 8.42 Å². The van der Waals surface area contributed by atoms with Gasteiger partial charge in [-0.1, -0.05) is 0 Å². The van der Waals surface area contributed by atoms with E-state index in [1.165, 1.54) is 0 Å². The van der Waals surface area contributed by atoms with E-state index in [1.807, 2.05) is 24.6 Å². The van der Waals surface area contributed by atoms with E-state index in [9.17, 15) is 13.5 Å². The van der Waals surface area contributed by atoms with E-state index >= 15 is 0 Å². The van der Waals surface area contributed by atoms with Crippen molar-refractivity contribution in [3.05, 3.63) is 17.5 Å². The highest BCUT2D eigenvalue weighted by atomic mass is 32.2. The summed E-state index contributed by atoms with van der Waals surface area (Å²) in [6.45, 7) is 5.52. The third kappa shape index (κ3) is 2.30. The SMILES string of the molecule is Cc1cc(C)n(C2CN([C@@H]3CS(=O)(=O)C[C@H]3O)C2)n1. The van der Waals surface area contributed by atoms with E-state index in [1.54, 1.807) is 0 Å². The van der Waals surface area contributed by atoms with E-state index in [4.69, 9.17) is 0 Å². The van der Waals surface area contributed by atoms with Gasteiger partial charge in [0.15, 0.2) is 9.84 Å². The molecular weight excluding hydrogens is 266 g/mol. The fourth-order valence-electron chi connectivity index (χ4n) is 3.09. The molecule has 2 aliphatic heterocycles. The lowest BCUT2D eigenvalue weighted by Crippen LogP contribution is -2.56. The van der Waals surface area contributed by atoms with Gasteiger partial charge >= 0.3 is 0 Å². The van der Waals surface area contributed by atoms with Gasteiger partial charge in [-0.2, -0.15) is 5.10 Å². The summed E-state index contributed by atoms with van der Waals surface area (Å²) in [5.41, 5.74) is 2.13. The maximum Gasteiger partial charge on any atom is 0.154 e. The Labute approximate surface area is 112 Å². The molecule has 0 unspecified atom stereocenters. The Bertz CT molecular complexity index is 589. The molecule has 0 spiro atoms. The molecule has 2 saturated heterocycles. The number of aryl methyl sites for hydroxylation is 2. The molecular formula is C12H19N3O3S. The van der Waals surface area contributed by atoms with E-state index in [2.05, 4.69) is 10.00 Å². The van der Waals surface area contributed by atoms with Crippen LogP contribution in [-0.2, 0) is 9.84 Å². The standard InChI is InChI=1S/C12H19N3O3S/c1-8-3-9(2)15(13-8)10-4-14(5-10)11-6-19(17,18)7-12(11)16/h3,10-12,16H,4-7H2,1-2H3/t11-,12-/m1/s1. The van der Waals surface area contributed by atoms with Crippen molar-refractivity contribution in [1.82, 2.24) is 14.7 Å². The molecule has 0 amide bonds. The van der Waals surface area contributed by atoms with E-state index in [0.29, 0.717) is 6.04 Å². The maximum atomic E-state index is 11.5. The Morgan fingerprint density at radius 1 is 1.32 bits per heavy atom. The van der Waals surface area contributed by atoms with Crippen molar-refractivity contribution in [2.75, 3.05) is 24.6 Å². The molecule has 3 rings (SSSR count). The summed E-state index contributed by atoms with van der Waals surface area (Å²) in [6.07, 6.45) is -0.744. The second-order valence-electron chi connectivity index (χ2n) is 5.69. The number of likely N-dealkylation sites (tertiary alicyclic amines) is 1. The molecule has 6 nitrogen and oxygen atoms in total. The summed E-state index contributed by atoms with van der Waals surface area (Å²) in [4.78, 5) is 2.05. The molecule has 0 saturated carbocycles. The van der Waals surface area contributed by atoms with Gasteiger partial charge in [0.25, 0.3) is 0 Å². The van der Waals surface area contributed by atoms with Crippen LogP contribution in [0.1, 0.15) is 17.4 Å². The molecule has 2 aliphatic rings. The van der Waals surface area contributed by atoms with Crippen molar-refractivity contribution in [3.8, 4) is 0 Å². The van der Waals surface area contributed by atoms with Gasteiger partial charge in [0.1, 0.15) is 0 Å². The summed E-state index contributed by atoms with van der Waals surface area (Å²) < 4.78 is 25.0. The van der Waals surface area contributed by atoms with Crippen LogP contribution in [-0.4, -0.2) is 64.9 Å². The van der Waals surface area contributed by atoms with Crippen LogP contribution in [0.25, 0.3) is 0 Å². The molecule has 2 fully saturated rings. The quantitative estimate of drug-likeness (QED) is 0.794. The summed E-state index contributed by atoms with van der Waals surface area (Å²) in [7, 11) is -3.07. The van der Waals surface area contributed by atoms with Crippen LogP contribution < -0.4 is 0 Å². The Morgan fingerprint density at radius 2 is 2.00 bits per heavy atom. The fraction of sp³-hybridized carbons (Fsp3) is 0.750. The summed E-state index contributed by atoms with van der Waals surface area (Å²) in [6, 6.07) is 2.10. The third-order valence-electron chi connectivity index (χ3n) is 4.04. The lowest BCUT2D eigenvalue weighted by Gasteiger charge is -2.44. The molecule has 0 aromatic carbocycles. The van der Waals surface area contributed by atoms with Gasteiger partial charge < -0.3 is 5.11 Å². The zero-order valence-electron chi connectivity index (χ0n) is 11.2. The molecule has 3 heterocycles. The average molecular weight is 285 g/mol. The Balaban J connectivity index is 1.66. The number of aromatic nitrogens is 2. The van der Waals surface area contributed by atoms with E-state index in [-0.39, 0.29) is 17.5 Å². The Kier molecular flexibility index (Phi) is 2.95. The number of rotatable bonds is 2. The first-order valence-electron chi connectivity index (χ1n) is 6.51. The average Bonchev–Trinajstić information content (AvgIpc) is 2.65. The summed E-state index contributed by atoms with van der Waals surface area (Å²) >= 11 is 0. The van der Waals surface area contributed by atoms with Crippen molar-refractivity contribution >= 4 is 9.84 Å². The zero-order chi connectivity index (χ0) is 13.8. The minimum absolute atomic E-state index is 0.0814. The van der Waals surface area contributed by atoms with Crippen molar-refractivity contribution in [3.63, 3.8) is 0 Å².